The van der Waals surface area contributed by atoms with Gasteiger partial charge in [0.15, 0.2) is 5.75 Å². The van der Waals surface area contributed by atoms with E-state index >= 15 is 0 Å². The zero-order chi connectivity index (χ0) is 26.1. The van der Waals surface area contributed by atoms with E-state index in [0.717, 1.165) is 30.5 Å². The van der Waals surface area contributed by atoms with Crippen LogP contribution >= 0.6 is 0 Å². The van der Waals surface area contributed by atoms with Crippen molar-refractivity contribution >= 4 is 5.97 Å². The summed E-state index contributed by atoms with van der Waals surface area (Å²) in [5.74, 6) is 0.581. The molecule has 0 spiro atoms. The van der Waals surface area contributed by atoms with E-state index in [9.17, 15) is 18.0 Å². The third kappa shape index (κ3) is 7.47. The predicted octanol–water partition coefficient (Wildman–Crippen LogP) is 8.02. The van der Waals surface area contributed by atoms with E-state index in [1.54, 1.807) is 24.3 Å². The molecule has 0 fully saturated rings. The first kappa shape index (κ1) is 27.0. The number of nitrogens with zero attached hydrogens (tertiary/aromatic N) is 1. The summed E-state index contributed by atoms with van der Waals surface area (Å²) in [5, 5.41) is 0. The molecule has 0 aliphatic rings. The van der Waals surface area contributed by atoms with Crippen molar-refractivity contribution in [3.63, 3.8) is 0 Å². The summed E-state index contributed by atoms with van der Waals surface area (Å²) < 4.78 is 45.0. The van der Waals surface area contributed by atoms with Gasteiger partial charge in [0.25, 0.3) is 0 Å². The molecule has 2 aromatic carbocycles. The Balaban J connectivity index is 1.78. The Morgan fingerprint density at radius 3 is 2.39 bits per heavy atom. The minimum Gasteiger partial charge on any atom is -0.484 e. The number of hydrogen-bond acceptors (Lipinski definition) is 5. The highest BCUT2D eigenvalue weighted by atomic mass is 19.4. The van der Waals surface area contributed by atoms with Crippen molar-refractivity contribution < 1.29 is 32.5 Å². The molecule has 3 rings (SSSR count). The number of hydrogen-bond donors (Lipinski definition) is 0. The molecule has 1 heterocycles. The summed E-state index contributed by atoms with van der Waals surface area (Å²) >= 11 is 0. The lowest BCUT2D eigenvalue weighted by atomic mass is 10.1. The van der Waals surface area contributed by atoms with Crippen LogP contribution in [0.1, 0.15) is 68.9 Å². The van der Waals surface area contributed by atoms with Crippen molar-refractivity contribution in [2.24, 2.45) is 0 Å². The molecule has 36 heavy (non-hydrogen) atoms. The van der Waals surface area contributed by atoms with E-state index in [0.29, 0.717) is 41.3 Å². The van der Waals surface area contributed by atoms with E-state index in [2.05, 4.69) is 6.92 Å². The largest absolute Gasteiger partial charge is 0.484 e. The Hall–Kier alpha value is -3.55. The van der Waals surface area contributed by atoms with Gasteiger partial charge in [-0.25, -0.2) is 9.78 Å². The van der Waals surface area contributed by atoms with Crippen LogP contribution in [0.4, 0.5) is 13.2 Å². The van der Waals surface area contributed by atoms with Gasteiger partial charge >= 0.3 is 12.1 Å². The number of rotatable bonds is 11. The van der Waals surface area contributed by atoms with E-state index in [-0.39, 0.29) is 12.5 Å². The fourth-order valence-electron chi connectivity index (χ4n) is 3.57. The van der Waals surface area contributed by atoms with E-state index in [4.69, 9.17) is 19.5 Å². The van der Waals surface area contributed by atoms with Gasteiger partial charge in [-0.1, -0.05) is 38.5 Å². The number of benzene rings is 2. The molecule has 0 aliphatic heterocycles. The summed E-state index contributed by atoms with van der Waals surface area (Å²) in [6.45, 7) is 5.78. The lowest BCUT2D eigenvalue weighted by Gasteiger charge is -2.20. The monoisotopic (exact) mass is 501 g/mol. The number of aryl methyl sites for hydroxylation is 1. The molecular weight excluding hydrogens is 471 g/mol. The lowest BCUT2D eigenvalue weighted by molar-refractivity contribution is -0.214. The Labute approximate surface area is 209 Å². The molecule has 0 saturated heterocycles. The molecular formula is C28H30F3NO4. The smallest absolute Gasteiger partial charge is 0.416 e. The van der Waals surface area contributed by atoms with E-state index < -0.39 is 17.7 Å². The number of alkyl halides is 3. The van der Waals surface area contributed by atoms with Gasteiger partial charge in [-0.3, -0.25) is 9.78 Å². The Bertz CT molecular complexity index is 1150. The highest BCUT2D eigenvalue weighted by Gasteiger charge is 2.30. The third-order valence-corrected chi connectivity index (χ3v) is 5.53. The molecule has 1 unspecified atom stereocenters. The second kappa shape index (κ2) is 12.4. The molecule has 0 saturated carbocycles. The highest BCUT2D eigenvalue weighted by molar-refractivity contribution is 5.68. The topological polar surface area (TPSA) is 57.7 Å². The quantitative estimate of drug-likeness (QED) is 0.197. The van der Waals surface area contributed by atoms with Gasteiger partial charge in [0.2, 0.25) is 0 Å². The van der Waals surface area contributed by atoms with Crippen LogP contribution in [0.3, 0.4) is 0 Å². The summed E-state index contributed by atoms with van der Waals surface area (Å²) in [6, 6.07) is 15.6. The zero-order valence-corrected chi connectivity index (χ0v) is 20.6. The normalized spacial score (nSPS) is 12.2. The number of carbonyl (C=O) groups is 1. The molecule has 3 aromatic rings. The van der Waals surface area contributed by atoms with Crippen LogP contribution in [0.5, 0.6) is 11.5 Å². The zero-order valence-electron chi connectivity index (χ0n) is 20.6. The number of carbonyl (C=O) groups excluding carboxylic acids is 1. The van der Waals surface area contributed by atoms with Gasteiger partial charge in [0.1, 0.15) is 11.9 Å². The minimum absolute atomic E-state index is 0.276. The van der Waals surface area contributed by atoms with Crippen molar-refractivity contribution in [1.29, 1.82) is 0 Å². The van der Waals surface area contributed by atoms with Crippen LogP contribution in [0.2, 0.25) is 0 Å². The summed E-state index contributed by atoms with van der Waals surface area (Å²) in [7, 11) is 0. The van der Waals surface area contributed by atoms with Crippen molar-refractivity contribution in [3.8, 4) is 22.8 Å². The molecule has 0 bridgehead atoms. The van der Waals surface area contributed by atoms with Crippen molar-refractivity contribution in [1.82, 2.24) is 4.98 Å². The van der Waals surface area contributed by atoms with Crippen molar-refractivity contribution in [2.75, 3.05) is 0 Å². The second-order valence-electron chi connectivity index (χ2n) is 8.49. The first-order valence-electron chi connectivity index (χ1n) is 12.0. The average Bonchev–Trinajstić information content (AvgIpc) is 2.86. The maximum absolute atomic E-state index is 12.9. The average molecular weight is 502 g/mol. The lowest BCUT2D eigenvalue weighted by Crippen LogP contribution is -2.11. The standard InChI is InChI=1S/C28H30F3NO4/c1-4-6-11-26(34-22-16-17-25(19(3)18-22)35-36-27(33)8-5-2)24-10-7-9-23(32-24)20-12-14-21(15-13-20)28(29,30)31/h7,9-10,12-18,26H,4-6,8,11H2,1-3H3. The van der Waals surface area contributed by atoms with Gasteiger partial charge in [-0.05, 0) is 68.7 Å². The molecule has 1 atom stereocenters. The molecule has 1 aromatic heterocycles. The van der Waals surface area contributed by atoms with Gasteiger partial charge in [-0.2, -0.15) is 13.2 Å². The molecule has 0 radical (unpaired) electrons. The van der Waals surface area contributed by atoms with Crippen LogP contribution in [-0.2, 0) is 15.9 Å². The van der Waals surface area contributed by atoms with Gasteiger partial charge < -0.3 is 4.74 Å². The highest BCUT2D eigenvalue weighted by Crippen LogP contribution is 2.32. The van der Waals surface area contributed by atoms with Crippen molar-refractivity contribution in [2.45, 2.75) is 65.2 Å². The number of pyridine rings is 1. The van der Waals surface area contributed by atoms with Crippen LogP contribution in [0, 0.1) is 6.92 Å². The summed E-state index contributed by atoms with van der Waals surface area (Å²) in [6.07, 6.45) is -1.21. The predicted molar refractivity (Wildman–Crippen MR) is 130 cm³/mol. The van der Waals surface area contributed by atoms with E-state index in [1.807, 2.05) is 26.0 Å². The Morgan fingerprint density at radius 1 is 1.00 bits per heavy atom. The Kier molecular flexibility index (Phi) is 9.33. The number of ether oxygens (including phenoxy) is 1. The van der Waals surface area contributed by atoms with Crippen LogP contribution in [0.25, 0.3) is 11.3 Å². The first-order chi connectivity index (χ1) is 17.2. The number of unbranched alkanes of at least 4 members (excludes halogenated alkanes) is 1. The molecule has 0 N–H and O–H groups in total. The molecule has 5 nitrogen and oxygen atoms in total. The van der Waals surface area contributed by atoms with Crippen molar-refractivity contribution in [3.05, 3.63) is 77.5 Å². The van der Waals surface area contributed by atoms with Gasteiger partial charge in [0, 0.05) is 17.5 Å². The van der Waals surface area contributed by atoms with Gasteiger partial charge in [-0.15, -0.1) is 0 Å². The molecule has 0 aliphatic carbocycles. The minimum atomic E-state index is -4.39. The fourth-order valence-corrected chi connectivity index (χ4v) is 3.57. The SMILES string of the molecule is CCCCC(Oc1ccc(OOC(=O)CCC)c(C)c1)c1cccc(-c2ccc(C(F)(F)F)cc2)n1. The molecule has 0 amide bonds. The molecule has 192 valence electrons. The van der Waals surface area contributed by atoms with Crippen LogP contribution in [-0.4, -0.2) is 11.0 Å². The maximum Gasteiger partial charge on any atom is 0.416 e. The number of aromatic nitrogens is 1. The van der Waals surface area contributed by atoms with E-state index in [1.165, 1.54) is 12.1 Å². The Morgan fingerprint density at radius 2 is 1.75 bits per heavy atom. The summed E-state index contributed by atoms with van der Waals surface area (Å²) in [4.78, 5) is 26.2. The third-order valence-electron chi connectivity index (χ3n) is 5.53. The fraction of sp³-hybridized carbons (Fsp3) is 0.357. The molecule has 8 heteroatoms. The van der Waals surface area contributed by atoms with Crippen LogP contribution in [0.15, 0.2) is 60.7 Å². The van der Waals surface area contributed by atoms with Gasteiger partial charge in [0.05, 0.1) is 17.0 Å². The maximum atomic E-state index is 12.9. The first-order valence-corrected chi connectivity index (χ1v) is 12.0. The van der Waals surface area contributed by atoms with Crippen LogP contribution < -0.4 is 9.62 Å². The number of halogens is 3. The summed E-state index contributed by atoms with van der Waals surface area (Å²) in [5.41, 5.74) is 1.88. The second-order valence-corrected chi connectivity index (χ2v) is 8.49.